The average molecular weight is 386 g/mol. The molecule has 0 aliphatic carbocycles. The molecule has 1 aromatic heterocycles. The molecule has 0 spiro atoms. The first-order valence-corrected chi connectivity index (χ1v) is 11.2. The van der Waals surface area contributed by atoms with Gasteiger partial charge in [-0.15, -0.1) is 17.9 Å². The van der Waals surface area contributed by atoms with Crippen LogP contribution >= 0.6 is 11.3 Å². The second-order valence-corrected chi connectivity index (χ2v) is 9.28. The highest BCUT2D eigenvalue weighted by atomic mass is 32.2. The quantitative estimate of drug-likeness (QED) is 0.691. The van der Waals surface area contributed by atoms with E-state index in [2.05, 4.69) is 16.2 Å². The number of sulfonamides is 1. The summed E-state index contributed by atoms with van der Waals surface area (Å²) in [5.74, 6) is 0.0859. The molecule has 1 unspecified atom stereocenters. The first-order valence-electron chi connectivity index (χ1n) is 8.43. The normalized spacial score (nSPS) is 18.0. The van der Waals surface area contributed by atoms with Gasteiger partial charge in [-0.1, -0.05) is 12.1 Å². The summed E-state index contributed by atoms with van der Waals surface area (Å²) >= 11 is 1.64. The molecule has 1 saturated heterocycles. The fourth-order valence-electron chi connectivity index (χ4n) is 3.11. The number of hydrogen-bond donors (Lipinski definition) is 1. The molecule has 0 saturated carbocycles. The van der Waals surface area contributed by atoms with Crippen molar-refractivity contribution in [1.29, 1.82) is 0 Å². The maximum absolute atomic E-state index is 12.9. The Balaban J connectivity index is 1.92. The molecule has 1 fully saturated rings. The summed E-state index contributed by atoms with van der Waals surface area (Å²) in [5, 5.41) is 2.01. The fourth-order valence-corrected chi connectivity index (χ4v) is 4.67. The SMILES string of the molecule is C=CCN(Cc1cccs1)C(=O)C(C)N1CCC(NS(C)(=O)=O)CC1. The van der Waals surface area contributed by atoms with Crippen LogP contribution in [0, 0.1) is 0 Å². The van der Waals surface area contributed by atoms with E-state index in [0.717, 1.165) is 17.7 Å². The van der Waals surface area contributed by atoms with Gasteiger partial charge in [0.25, 0.3) is 0 Å². The number of thiophene rings is 1. The van der Waals surface area contributed by atoms with Gasteiger partial charge in [-0.2, -0.15) is 0 Å². The molecule has 2 rings (SSSR count). The van der Waals surface area contributed by atoms with Crippen LogP contribution in [-0.4, -0.2) is 62.1 Å². The van der Waals surface area contributed by atoms with Crippen LogP contribution in [0.3, 0.4) is 0 Å². The lowest BCUT2D eigenvalue weighted by atomic mass is 10.0. The predicted octanol–water partition coefficient (Wildman–Crippen LogP) is 1.66. The van der Waals surface area contributed by atoms with Gasteiger partial charge in [-0.05, 0) is 31.2 Å². The molecule has 1 atom stereocenters. The Kier molecular flexibility index (Phi) is 7.18. The van der Waals surface area contributed by atoms with Crippen LogP contribution in [0.5, 0.6) is 0 Å². The Morgan fingerprint density at radius 3 is 2.72 bits per heavy atom. The van der Waals surface area contributed by atoms with Crippen molar-refractivity contribution in [2.45, 2.75) is 38.4 Å². The lowest BCUT2D eigenvalue weighted by Crippen LogP contribution is -2.52. The van der Waals surface area contributed by atoms with E-state index >= 15 is 0 Å². The van der Waals surface area contributed by atoms with Crippen molar-refractivity contribution in [2.24, 2.45) is 0 Å². The molecule has 25 heavy (non-hydrogen) atoms. The number of amides is 1. The minimum atomic E-state index is -3.18. The summed E-state index contributed by atoms with van der Waals surface area (Å²) in [6.45, 7) is 8.22. The molecule has 1 aromatic rings. The minimum Gasteiger partial charge on any atom is -0.332 e. The van der Waals surface area contributed by atoms with Gasteiger partial charge in [0.15, 0.2) is 0 Å². The van der Waals surface area contributed by atoms with E-state index in [1.54, 1.807) is 17.4 Å². The van der Waals surface area contributed by atoms with Gasteiger partial charge in [0.2, 0.25) is 15.9 Å². The third kappa shape index (κ3) is 6.22. The van der Waals surface area contributed by atoms with Crippen molar-refractivity contribution in [3.05, 3.63) is 35.0 Å². The molecule has 6 nitrogen and oxygen atoms in total. The first-order chi connectivity index (χ1) is 11.8. The summed E-state index contributed by atoms with van der Waals surface area (Å²) in [7, 11) is -3.18. The van der Waals surface area contributed by atoms with E-state index in [1.807, 2.05) is 29.3 Å². The molecular formula is C17H27N3O3S2. The van der Waals surface area contributed by atoms with E-state index in [0.29, 0.717) is 26.2 Å². The number of hydrogen-bond acceptors (Lipinski definition) is 5. The number of nitrogens with one attached hydrogen (secondary N) is 1. The molecule has 0 bridgehead atoms. The van der Waals surface area contributed by atoms with Crippen molar-refractivity contribution >= 4 is 27.3 Å². The van der Waals surface area contributed by atoms with Gasteiger partial charge < -0.3 is 4.90 Å². The third-order valence-electron chi connectivity index (χ3n) is 4.40. The van der Waals surface area contributed by atoms with E-state index < -0.39 is 10.0 Å². The Morgan fingerprint density at radius 2 is 2.20 bits per heavy atom. The summed E-state index contributed by atoms with van der Waals surface area (Å²) in [4.78, 5) is 18.0. The van der Waals surface area contributed by atoms with Gasteiger partial charge in [-0.25, -0.2) is 13.1 Å². The average Bonchev–Trinajstić information content (AvgIpc) is 3.05. The highest BCUT2D eigenvalue weighted by molar-refractivity contribution is 7.88. The van der Waals surface area contributed by atoms with Crippen LogP contribution < -0.4 is 4.72 Å². The zero-order chi connectivity index (χ0) is 18.4. The standard InChI is InChI=1S/C17H27N3O3S2/c1-4-9-20(13-16-6-5-12-24-16)17(21)14(2)19-10-7-15(8-11-19)18-25(3,22)23/h4-6,12,14-15,18H,1,7-11,13H2,2-3H3. The number of likely N-dealkylation sites (tertiary alicyclic amines) is 1. The Labute approximate surface area is 154 Å². The van der Waals surface area contributed by atoms with E-state index in [4.69, 9.17) is 0 Å². The van der Waals surface area contributed by atoms with Crippen LogP contribution in [0.4, 0.5) is 0 Å². The second-order valence-electron chi connectivity index (χ2n) is 6.46. The van der Waals surface area contributed by atoms with E-state index in [9.17, 15) is 13.2 Å². The molecule has 2 heterocycles. The van der Waals surface area contributed by atoms with Gasteiger partial charge >= 0.3 is 0 Å². The number of carbonyl (C=O) groups excluding carboxylic acids is 1. The van der Waals surface area contributed by atoms with Crippen molar-refractivity contribution in [2.75, 3.05) is 25.9 Å². The van der Waals surface area contributed by atoms with Gasteiger partial charge in [0.1, 0.15) is 0 Å². The maximum atomic E-state index is 12.9. The lowest BCUT2D eigenvalue weighted by molar-refractivity contribution is -0.136. The zero-order valence-electron chi connectivity index (χ0n) is 14.8. The van der Waals surface area contributed by atoms with Crippen LogP contribution in [0.1, 0.15) is 24.6 Å². The van der Waals surface area contributed by atoms with Crippen molar-refractivity contribution in [3.8, 4) is 0 Å². The second kappa shape index (κ2) is 8.93. The van der Waals surface area contributed by atoms with Gasteiger partial charge in [-0.3, -0.25) is 9.69 Å². The lowest BCUT2D eigenvalue weighted by Gasteiger charge is -2.37. The number of carbonyl (C=O) groups is 1. The molecule has 1 amide bonds. The highest BCUT2D eigenvalue weighted by Gasteiger charge is 2.30. The van der Waals surface area contributed by atoms with Gasteiger partial charge in [0, 0.05) is 30.6 Å². The zero-order valence-corrected chi connectivity index (χ0v) is 16.5. The summed E-state index contributed by atoms with van der Waals surface area (Å²) in [6, 6.07) is 3.75. The minimum absolute atomic E-state index is 0.0380. The molecule has 1 aliphatic heterocycles. The molecule has 8 heteroatoms. The van der Waals surface area contributed by atoms with E-state index in [1.165, 1.54) is 6.26 Å². The van der Waals surface area contributed by atoms with Crippen LogP contribution in [0.2, 0.25) is 0 Å². The molecule has 1 aliphatic rings. The van der Waals surface area contributed by atoms with Crippen LogP contribution in [-0.2, 0) is 21.4 Å². The van der Waals surface area contributed by atoms with Crippen LogP contribution in [0.25, 0.3) is 0 Å². The molecular weight excluding hydrogens is 358 g/mol. The Bertz CT molecular complexity index is 665. The van der Waals surface area contributed by atoms with Crippen molar-refractivity contribution in [3.63, 3.8) is 0 Å². The molecule has 1 N–H and O–H groups in total. The van der Waals surface area contributed by atoms with Gasteiger partial charge in [0.05, 0.1) is 18.8 Å². The number of rotatable bonds is 8. The van der Waals surface area contributed by atoms with Crippen LogP contribution in [0.15, 0.2) is 30.2 Å². The third-order valence-corrected chi connectivity index (χ3v) is 6.03. The predicted molar refractivity (Wildman–Crippen MR) is 102 cm³/mol. The van der Waals surface area contributed by atoms with E-state index in [-0.39, 0.29) is 18.0 Å². The molecule has 140 valence electrons. The summed E-state index contributed by atoms with van der Waals surface area (Å²) < 4.78 is 25.3. The monoisotopic (exact) mass is 385 g/mol. The Morgan fingerprint density at radius 1 is 1.52 bits per heavy atom. The summed E-state index contributed by atoms with van der Waals surface area (Å²) in [6.07, 6.45) is 4.37. The maximum Gasteiger partial charge on any atom is 0.240 e. The summed E-state index contributed by atoms with van der Waals surface area (Å²) in [5.41, 5.74) is 0. The largest absolute Gasteiger partial charge is 0.332 e. The highest BCUT2D eigenvalue weighted by Crippen LogP contribution is 2.17. The number of nitrogens with zero attached hydrogens (tertiary/aromatic N) is 2. The van der Waals surface area contributed by atoms with Crippen molar-refractivity contribution < 1.29 is 13.2 Å². The topological polar surface area (TPSA) is 69.7 Å². The smallest absolute Gasteiger partial charge is 0.240 e. The fraction of sp³-hybridized carbons (Fsp3) is 0.588. The number of piperidine rings is 1. The Hall–Kier alpha value is -1.22. The molecule has 0 radical (unpaired) electrons. The molecule has 0 aromatic carbocycles. The first kappa shape index (κ1) is 20.1. The van der Waals surface area contributed by atoms with Crippen molar-refractivity contribution in [1.82, 2.24) is 14.5 Å².